The Balaban J connectivity index is 1.31. The van der Waals surface area contributed by atoms with Gasteiger partial charge in [-0.3, -0.25) is 0 Å². The average Bonchev–Trinajstić information content (AvgIpc) is 3.05. The van der Waals surface area contributed by atoms with Gasteiger partial charge in [0.2, 0.25) is 0 Å². The molecular formula is C26H32N2O4. The first kappa shape index (κ1) is 21.3. The molecule has 1 fully saturated rings. The zero-order valence-corrected chi connectivity index (χ0v) is 19.0. The third-order valence-electron chi connectivity index (χ3n) is 7.45. The number of hydrogen-bond acceptors (Lipinski definition) is 5. The van der Waals surface area contributed by atoms with Gasteiger partial charge in [0, 0.05) is 60.8 Å². The fraction of sp³-hybridized carbons (Fsp3) is 0.462. The monoisotopic (exact) mass is 436 g/mol. The van der Waals surface area contributed by atoms with E-state index in [-0.39, 0.29) is 5.60 Å². The summed E-state index contributed by atoms with van der Waals surface area (Å²) in [4.78, 5) is 2.31. The van der Waals surface area contributed by atoms with Crippen LogP contribution in [0.2, 0.25) is 0 Å². The molecule has 6 heteroatoms. The standard InChI is InChI=1S/C26H32N2O4/c1-17-25(20-14-18(31-3)8-9-21(20)27(17)2)23(30)16-28-12-10-26(11-13-28)15-22(29)19-6-4-5-7-24(19)32-26/h4-9,14,22-23,29-30H,10-13,15-16H2,1-3H3. The van der Waals surface area contributed by atoms with Crippen LogP contribution in [-0.2, 0) is 7.05 Å². The molecule has 0 radical (unpaired) electrons. The van der Waals surface area contributed by atoms with Crippen LogP contribution >= 0.6 is 0 Å². The lowest BCUT2D eigenvalue weighted by molar-refractivity contribution is -0.0587. The van der Waals surface area contributed by atoms with E-state index in [4.69, 9.17) is 9.47 Å². The lowest BCUT2D eigenvalue weighted by atomic mass is 9.81. The molecule has 0 amide bonds. The zero-order chi connectivity index (χ0) is 22.5. The highest BCUT2D eigenvalue weighted by molar-refractivity contribution is 5.87. The van der Waals surface area contributed by atoms with Crippen LogP contribution in [0.4, 0.5) is 0 Å². The smallest absolute Gasteiger partial charge is 0.125 e. The number of ether oxygens (including phenoxy) is 2. The number of aryl methyl sites for hydroxylation is 1. The summed E-state index contributed by atoms with van der Waals surface area (Å²) in [5, 5.41) is 22.9. The second-order valence-corrected chi connectivity index (χ2v) is 9.30. The minimum absolute atomic E-state index is 0.321. The molecule has 2 aromatic carbocycles. The number of fused-ring (bicyclic) bond motifs is 2. The van der Waals surface area contributed by atoms with Crippen LogP contribution in [0.1, 0.15) is 48.3 Å². The van der Waals surface area contributed by atoms with Crippen molar-refractivity contribution in [3.8, 4) is 11.5 Å². The summed E-state index contributed by atoms with van der Waals surface area (Å²) < 4.78 is 14.0. The number of aromatic nitrogens is 1. The molecule has 170 valence electrons. The Morgan fingerprint density at radius 2 is 1.94 bits per heavy atom. The Morgan fingerprint density at radius 3 is 2.69 bits per heavy atom. The summed E-state index contributed by atoms with van der Waals surface area (Å²) in [6, 6.07) is 13.8. The van der Waals surface area contributed by atoms with Gasteiger partial charge in [0.25, 0.3) is 0 Å². The Morgan fingerprint density at radius 1 is 1.19 bits per heavy atom. The molecule has 6 nitrogen and oxygen atoms in total. The van der Waals surface area contributed by atoms with E-state index in [9.17, 15) is 10.2 Å². The van der Waals surface area contributed by atoms with Crippen molar-refractivity contribution in [1.29, 1.82) is 0 Å². The number of likely N-dealkylation sites (tertiary alicyclic amines) is 1. The van der Waals surface area contributed by atoms with Crippen molar-refractivity contribution in [2.75, 3.05) is 26.7 Å². The number of nitrogens with zero attached hydrogens (tertiary/aromatic N) is 2. The summed E-state index contributed by atoms with van der Waals surface area (Å²) in [6.45, 7) is 4.30. The van der Waals surface area contributed by atoms with E-state index in [1.165, 1.54) is 0 Å². The van der Waals surface area contributed by atoms with E-state index in [0.29, 0.717) is 13.0 Å². The topological polar surface area (TPSA) is 67.1 Å². The Hall–Kier alpha value is -2.54. The second kappa shape index (κ2) is 8.10. The van der Waals surface area contributed by atoms with Gasteiger partial charge in [0.1, 0.15) is 17.1 Å². The molecule has 3 aromatic rings. The van der Waals surface area contributed by atoms with Gasteiger partial charge in [-0.05, 0) is 44.0 Å². The quantitative estimate of drug-likeness (QED) is 0.650. The van der Waals surface area contributed by atoms with Crippen molar-refractivity contribution < 1.29 is 19.7 Å². The van der Waals surface area contributed by atoms with Crippen LogP contribution in [0.25, 0.3) is 10.9 Å². The molecule has 0 aliphatic carbocycles. The fourth-order valence-corrected chi connectivity index (χ4v) is 5.50. The molecule has 0 saturated carbocycles. The van der Waals surface area contributed by atoms with Crippen molar-refractivity contribution >= 4 is 10.9 Å². The maximum absolute atomic E-state index is 11.2. The predicted molar refractivity (Wildman–Crippen MR) is 124 cm³/mol. The third kappa shape index (κ3) is 3.56. The molecule has 5 rings (SSSR count). The first-order valence-electron chi connectivity index (χ1n) is 11.4. The largest absolute Gasteiger partial charge is 0.497 e. The molecule has 2 atom stereocenters. The zero-order valence-electron chi connectivity index (χ0n) is 19.0. The number of piperidine rings is 1. The summed E-state index contributed by atoms with van der Waals surface area (Å²) in [6.07, 6.45) is 1.24. The summed E-state index contributed by atoms with van der Waals surface area (Å²) in [5.74, 6) is 1.60. The first-order valence-corrected chi connectivity index (χ1v) is 11.4. The molecule has 2 aliphatic rings. The molecule has 0 bridgehead atoms. The van der Waals surface area contributed by atoms with E-state index >= 15 is 0 Å². The lowest BCUT2D eigenvalue weighted by Gasteiger charge is -2.46. The molecule has 2 N–H and O–H groups in total. The number of methoxy groups -OCH3 is 1. The SMILES string of the molecule is COc1ccc2c(c1)c(C(O)CN1CCC3(CC1)CC(O)c1ccccc1O3)c(C)n2C. The van der Waals surface area contributed by atoms with Crippen LogP contribution < -0.4 is 9.47 Å². The molecule has 3 heterocycles. The second-order valence-electron chi connectivity index (χ2n) is 9.30. The van der Waals surface area contributed by atoms with Gasteiger partial charge in [0.05, 0.1) is 19.3 Å². The van der Waals surface area contributed by atoms with Crippen molar-refractivity contribution in [1.82, 2.24) is 9.47 Å². The molecule has 2 aliphatic heterocycles. The van der Waals surface area contributed by atoms with Gasteiger partial charge in [-0.15, -0.1) is 0 Å². The van der Waals surface area contributed by atoms with Crippen molar-refractivity contribution in [2.45, 2.75) is 44.0 Å². The van der Waals surface area contributed by atoms with Crippen LogP contribution in [0.5, 0.6) is 11.5 Å². The summed E-state index contributed by atoms with van der Waals surface area (Å²) >= 11 is 0. The highest BCUT2D eigenvalue weighted by Crippen LogP contribution is 2.44. The maximum Gasteiger partial charge on any atom is 0.125 e. The Labute approximate surface area is 189 Å². The van der Waals surface area contributed by atoms with Gasteiger partial charge in [0.15, 0.2) is 0 Å². The number of hydrogen-bond donors (Lipinski definition) is 2. The van der Waals surface area contributed by atoms with Crippen LogP contribution in [-0.4, -0.2) is 52.0 Å². The van der Waals surface area contributed by atoms with E-state index in [0.717, 1.165) is 65.2 Å². The van der Waals surface area contributed by atoms with E-state index in [1.54, 1.807) is 7.11 Å². The molecule has 1 aromatic heterocycles. The van der Waals surface area contributed by atoms with Gasteiger partial charge >= 0.3 is 0 Å². The van der Waals surface area contributed by atoms with Crippen LogP contribution in [0.3, 0.4) is 0 Å². The highest BCUT2D eigenvalue weighted by Gasteiger charge is 2.43. The first-order chi connectivity index (χ1) is 15.4. The van der Waals surface area contributed by atoms with Gasteiger partial charge < -0.3 is 29.2 Å². The Bertz CT molecular complexity index is 1130. The van der Waals surface area contributed by atoms with E-state index < -0.39 is 12.2 Å². The maximum atomic E-state index is 11.2. The number of aliphatic hydroxyl groups excluding tert-OH is 2. The van der Waals surface area contributed by atoms with Gasteiger partial charge in [-0.2, -0.15) is 0 Å². The molecule has 2 unspecified atom stereocenters. The number of para-hydroxylation sites is 1. The summed E-state index contributed by atoms with van der Waals surface area (Å²) in [7, 11) is 3.70. The molecule has 1 saturated heterocycles. The average molecular weight is 437 g/mol. The van der Waals surface area contributed by atoms with Crippen molar-refractivity contribution in [3.05, 3.63) is 59.3 Å². The normalized spacial score (nSPS) is 21.3. The van der Waals surface area contributed by atoms with E-state index in [2.05, 4.69) is 16.4 Å². The lowest BCUT2D eigenvalue weighted by Crippen LogP contribution is -2.51. The fourth-order valence-electron chi connectivity index (χ4n) is 5.50. The molecular weight excluding hydrogens is 404 g/mol. The predicted octanol–water partition coefficient (Wildman–Crippen LogP) is 3.88. The Kier molecular flexibility index (Phi) is 5.40. The number of aliphatic hydroxyl groups is 2. The minimum atomic E-state index is -0.585. The summed E-state index contributed by atoms with van der Waals surface area (Å²) in [5.41, 5.74) is 3.71. The minimum Gasteiger partial charge on any atom is -0.497 e. The van der Waals surface area contributed by atoms with E-state index in [1.807, 2.05) is 49.5 Å². The van der Waals surface area contributed by atoms with Crippen LogP contribution in [0, 0.1) is 6.92 Å². The van der Waals surface area contributed by atoms with Crippen molar-refractivity contribution in [3.63, 3.8) is 0 Å². The number of benzene rings is 2. The van der Waals surface area contributed by atoms with Crippen molar-refractivity contribution in [2.24, 2.45) is 7.05 Å². The third-order valence-corrected chi connectivity index (χ3v) is 7.45. The number of rotatable bonds is 4. The number of β-amino-alcohol motifs (C(OH)–C–C–N with tert-alkyl or cyclic N) is 1. The van der Waals surface area contributed by atoms with Gasteiger partial charge in [-0.1, -0.05) is 18.2 Å². The van der Waals surface area contributed by atoms with Crippen LogP contribution in [0.15, 0.2) is 42.5 Å². The van der Waals surface area contributed by atoms with Gasteiger partial charge in [-0.25, -0.2) is 0 Å². The molecule has 32 heavy (non-hydrogen) atoms. The highest BCUT2D eigenvalue weighted by atomic mass is 16.5. The molecule has 1 spiro atoms.